The quantitative estimate of drug-likeness (QED) is 0.891. The van der Waals surface area contributed by atoms with Gasteiger partial charge in [-0.15, -0.1) is 11.3 Å². The lowest BCUT2D eigenvalue weighted by atomic mass is 10.1. The van der Waals surface area contributed by atoms with E-state index in [4.69, 9.17) is 23.2 Å². The van der Waals surface area contributed by atoms with Crippen molar-refractivity contribution < 1.29 is 0 Å². The van der Waals surface area contributed by atoms with Crippen molar-refractivity contribution in [3.05, 3.63) is 20.3 Å². The molecule has 5 heteroatoms. The van der Waals surface area contributed by atoms with Crippen molar-refractivity contribution >= 4 is 46.3 Å². The van der Waals surface area contributed by atoms with Crippen LogP contribution in [0.5, 0.6) is 0 Å². The number of hydrogen-bond donors (Lipinski definition) is 1. The van der Waals surface area contributed by atoms with Gasteiger partial charge in [-0.25, -0.2) is 0 Å². The summed E-state index contributed by atoms with van der Waals surface area (Å²) in [5, 5.41) is 3.59. The van der Waals surface area contributed by atoms with Crippen molar-refractivity contribution in [2.24, 2.45) is 0 Å². The van der Waals surface area contributed by atoms with Gasteiger partial charge in [0.1, 0.15) is 0 Å². The lowest BCUT2D eigenvalue weighted by Crippen LogP contribution is -2.31. The van der Waals surface area contributed by atoms with Crippen LogP contribution in [0.2, 0.25) is 8.67 Å². The smallest absolute Gasteiger partial charge is 0.0991 e. The first-order valence-corrected chi connectivity index (χ1v) is 7.68. The van der Waals surface area contributed by atoms with E-state index in [0.29, 0.717) is 12.1 Å². The number of hydrogen-bond acceptors (Lipinski definition) is 3. The lowest BCUT2D eigenvalue weighted by molar-refractivity contribution is 0.487. The lowest BCUT2D eigenvalue weighted by Gasteiger charge is -2.18. The SMILES string of the molecule is CC(NC1CCSC1)c1cc(Cl)sc1Cl. The first-order valence-electron chi connectivity index (χ1n) is 4.95. The maximum atomic E-state index is 6.11. The Kier molecular flexibility index (Phi) is 4.24. The second kappa shape index (κ2) is 5.28. The third-order valence-electron chi connectivity index (χ3n) is 2.56. The van der Waals surface area contributed by atoms with Crippen LogP contribution >= 0.6 is 46.3 Å². The van der Waals surface area contributed by atoms with Gasteiger partial charge in [-0.2, -0.15) is 11.8 Å². The third-order valence-corrected chi connectivity index (χ3v) is 5.25. The molecule has 84 valence electrons. The Morgan fingerprint density at radius 2 is 2.33 bits per heavy atom. The maximum absolute atomic E-state index is 6.11. The van der Waals surface area contributed by atoms with E-state index in [1.165, 1.54) is 29.3 Å². The molecule has 0 bridgehead atoms. The molecule has 2 rings (SSSR count). The molecule has 1 aromatic heterocycles. The van der Waals surface area contributed by atoms with E-state index in [0.717, 1.165) is 14.2 Å². The largest absolute Gasteiger partial charge is 0.307 e. The monoisotopic (exact) mass is 281 g/mol. The average molecular weight is 282 g/mol. The molecular weight excluding hydrogens is 269 g/mol. The molecule has 1 N–H and O–H groups in total. The summed E-state index contributed by atoms with van der Waals surface area (Å²) < 4.78 is 1.58. The second-order valence-corrected chi connectivity index (χ2v) is 7.16. The zero-order valence-electron chi connectivity index (χ0n) is 8.43. The molecule has 0 amide bonds. The molecule has 0 spiro atoms. The molecule has 0 saturated carbocycles. The van der Waals surface area contributed by atoms with Gasteiger partial charge >= 0.3 is 0 Å². The van der Waals surface area contributed by atoms with Crippen LogP contribution in [0.4, 0.5) is 0 Å². The van der Waals surface area contributed by atoms with E-state index in [9.17, 15) is 0 Å². The van der Waals surface area contributed by atoms with Crippen molar-refractivity contribution in [3.63, 3.8) is 0 Å². The number of halogens is 2. The van der Waals surface area contributed by atoms with Crippen LogP contribution in [0.3, 0.4) is 0 Å². The molecule has 1 aliphatic heterocycles. The fourth-order valence-corrected chi connectivity index (χ4v) is 4.57. The zero-order valence-corrected chi connectivity index (χ0v) is 11.6. The molecule has 2 unspecified atom stereocenters. The van der Waals surface area contributed by atoms with Crippen LogP contribution < -0.4 is 5.32 Å². The van der Waals surface area contributed by atoms with Gasteiger partial charge in [0.25, 0.3) is 0 Å². The Morgan fingerprint density at radius 1 is 1.53 bits per heavy atom. The molecule has 1 nitrogen and oxygen atoms in total. The van der Waals surface area contributed by atoms with Crippen LogP contribution in [0, 0.1) is 0 Å². The Balaban J connectivity index is 2.00. The van der Waals surface area contributed by atoms with Crippen LogP contribution in [-0.2, 0) is 0 Å². The average Bonchev–Trinajstić information content (AvgIpc) is 2.75. The minimum Gasteiger partial charge on any atom is -0.307 e. The van der Waals surface area contributed by atoms with Crippen molar-refractivity contribution in [2.45, 2.75) is 25.4 Å². The first kappa shape index (κ1) is 12.1. The fourth-order valence-electron chi connectivity index (χ4n) is 1.76. The van der Waals surface area contributed by atoms with Gasteiger partial charge in [-0.3, -0.25) is 0 Å². The Hall–Kier alpha value is 0.590. The van der Waals surface area contributed by atoms with Gasteiger partial charge in [0, 0.05) is 17.8 Å². The highest BCUT2D eigenvalue weighted by Gasteiger charge is 2.20. The van der Waals surface area contributed by atoms with E-state index in [2.05, 4.69) is 12.2 Å². The molecule has 0 aromatic carbocycles. The van der Waals surface area contributed by atoms with E-state index in [1.807, 2.05) is 17.8 Å². The predicted molar refractivity (Wildman–Crippen MR) is 71.6 cm³/mol. The molecule has 1 saturated heterocycles. The molecule has 2 heterocycles. The van der Waals surface area contributed by atoms with Gasteiger partial charge in [0.05, 0.1) is 8.67 Å². The highest BCUT2D eigenvalue weighted by Crippen LogP contribution is 2.35. The number of nitrogens with one attached hydrogen (secondary N) is 1. The summed E-state index contributed by atoms with van der Waals surface area (Å²) in [5.74, 6) is 2.47. The summed E-state index contributed by atoms with van der Waals surface area (Å²) in [4.78, 5) is 0. The Labute approximate surface area is 109 Å². The summed E-state index contributed by atoms with van der Waals surface area (Å²) in [5.41, 5.74) is 1.13. The fraction of sp³-hybridized carbons (Fsp3) is 0.600. The number of thiophene rings is 1. The number of thioether (sulfide) groups is 1. The minimum atomic E-state index is 0.296. The molecule has 1 aliphatic rings. The zero-order chi connectivity index (χ0) is 10.8. The molecule has 2 atom stereocenters. The van der Waals surface area contributed by atoms with Crippen molar-refractivity contribution in [2.75, 3.05) is 11.5 Å². The van der Waals surface area contributed by atoms with Gasteiger partial charge in [0.2, 0.25) is 0 Å². The predicted octanol–water partition coefficient (Wildman–Crippen LogP) is 4.21. The highest BCUT2D eigenvalue weighted by molar-refractivity contribution is 7.99. The van der Waals surface area contributed by atoms with E-state index >= 15 is 0 Å². The van der Waals surface area contributed by atoms with Crippen molar-refractivity contribution in [1.82, 2.24) is 5.32 Å². The van der Waals surface area contributed by atoms with Gasteiger partial charge in [0.15, 0.2) is 0 Å². The molecule has 15 heavy (non-hydrogen) atoms. The van der Waals surface area contributed by atoms with E-state index in [-0.39, 0.29) is 0 Å². The summed E-state index contributed by atoms with van der Waals surface area (Å²) in [6, 6.07) is 2.89. The molecular formula is C10H13Cl2NS2. The molecule has 0 aliphatic carbocycles. The van der Waals surface area contributed by atoms with E-state index < -0.39 is 0 Å². The van der Waals surface area contributed by atoms with Crippen LogP contribution in [0.15, 0.2) is 6.07 Å². The minimum absolute atomic E-state index is 0.296. The molecule has 1 aromatic rings. The highest BCUT2D eigenvalue weighted by atomic mass is 35.5. The Bertz CT molecular complexity index is 334. The van der Waals surface area contributed by atoms with Crippen molar-refractivity contribution in [3.8, 4) is 0 Å². The summed E-state index contributed by atoms with van der Waals surface area (Å²) in [6.07, 6.45) is 1.25. The third kappa shape index (κ3) is 3.04. The number of rotatable bonds is 3. The standard InChI is InChI=1S/C10H13Cl2NS2/c1-6(13-7-2-3-14-5-7)8-4-9(11)15-10(8)12/h4,6-7,13H,2-3,5H2,1H3. The molecule has 1 fully saturated rings. The Morgan fingerprint density at radius 3 is 2.87 bits per heavy atom. The molecule has 0 radical (unpaired) electrons. The second-order valence-electron chi connectivity index (χ2n) is 3.73. The van der Waals surface area contributed by atoms with Crippen LogP contribution in [-0.4, -0.2) is 17.5 Å². The topological polar surface area (TPSA) is 12.0 Å². The van der Waals surface area contributed by atoms with Gasteiger partial charge in [-0.05, 0) is 30.7 Å². The summed E-state index contributed by atoms with van der Waals surface area (Å²) in [7, 11) is 0. The normalized spacial score (nSPS) is 23.3. The summed E-state index contributed by atoms with van der Waals surface area (Å²) in [6.45, 7) is 2.15. The van der Waals surface area contributed by atoms with E-state index in [1.54, 1.807) is 0 Å². The van der Waals surface area contributed by atoms with Crippen LogP contribution in [0.25, 0.3) is 0 Å². The van der Waals surface area contributed by atoms with Gasteiger partial charge in [-0.1, -0.05) is 23.2 Å². The van der Waals surface area contributed by atoms with Gasteiger partial charge < -0.3 is 5.32 Å². The van der Waals surface area contributed by atoms with Crippen molar-refractivity contribution in [1.29, 1.82) is 0 Å². The maximum Gasteiger partial charge on any atom is 0.0991 e. The first-order chi connectivity index (χ1) is 7.16. The summed E-state index contributed by atoms with van der Waals surface area (Å²) >= 11 is 15.5. The van der Waals surface area contributed by atoms with Crippen LogP contribution in [0.1, 0.15) is 24.9 Å².